The highest BCUT2D eigenvalue weighted by Gasteiger charge is 2.29. The van der Waals surface area contributed by atoms with Crippen molar-refractivity contribution in [2.45, 2.75) is 31.7 Å². The van der Waals surface area contributed by atoms with Crippen LogP contribution in [-0.2, 0) is 4.79 Å². The summed E-state index contributed by atoms with van der Waals surface area (Å²) in [6, 6.07) is 17.0. The molecule has 0 spiro atoms. The molecule has 1 heterocycles. The molecule has 2 aliphatic rings. The van der Waals surface area contributed by atoms with Gasteiger partial charge in [-0.3, -0.25) is 14.5 Å². The van der Waals surface area contributed by atoms with Crippen molar-refractivity contribution in [3.8, 4) is 5.75 Å². The Hall–Kier alpha value is -2.80. The van der Waals surface area contributed by atoms with Gasteiger partial charge in [-0.05, 0) is 123 Å². The Labute approximate surface area is 266 Å². The highest BCUT2D eigenvalue weighted by Crippen LogP contribution is 2.31. The zero-order valence-electron chi connectivity index (χ0n) is 22.8. The molecule has 1 N–H and O–H groups in total. The van der Waals surface area contributed by atoms with Gasteiger partial charge in [0, 0.05) is 49.4 Å². The van der Waals surface area contributed by atoms with E-state index in [9.17, 15) is 9.59 Å². The van der Waals surface area contributed by atoms with Gasteiger partial charge in [0.25, 0.3) is 5.91 Å². The summed E-state index contributed by atoms with van der Waals surface area (Å²) in [5, 5.41) is 4.98. The number of Topliss-reactive ketones (excluding diaryl/α,β-unsaturated/α-hetero) is 1. The maximum Gasteiger partial charge on any atom is 0.251 e. The van der Waals surface area contributed by atoms with Gasteiger partial charge in [0.1, 0.15) is 12.4 Å². The van der Waals surface area contributed by atoms with Crippen LogP contribution in [-0.4, -0.2) is 48.9 Å². The van der Waals surface area contributed by atoms with Gasteiger partial charge >= 0.3 is 0 Å². The number of rotatable bonds is 8. The summed E-state index contributed by atoms with van der Waals surface area (Å²) >= 11 is 24.8. The molecule has 0 atom stereocenters. The molecule has 1 saturated carbocycles. The highest BCUT2D eigenvalue weighted by molar-refractivity contribution is 6.35. The monoisotopic (exact) mass is 642 g/mol. The third-order valence-electron chi connectivity index (χ3n) is 7.29. The van der Waals surface area contributed by atoms with E-state index in [4.69, 9.17) is 51.1 Å². The zero-order valence-corrected chi connectivity index (χ0v) is 25.9. The summed E-state index contributed by atoms with van der Waals surface area (Å²) in [6.45, 7) is 3.77. The SMILES string of the molecule is O=C1/C(=C/c2cc(Cl)cc(Cl)c2)CC(NC(=O)c2ccc(OCCN3CCCC3)cc2)C/C1=C\c1cc(Cl)cc(Cl)c1. The van der Waals surface area contributed by atoms with Crippen LogP contribution in [0.4, 0.5) is 0 Å². The average Bonchev–Trinajstić information content (AvgIpc) is 3.44. The Kier molecular flexibility index (Phi) is 10.3. The molecule has 2 fully saturated rings. The number of benzene rings is 3. The molecule has 1 amide bonds. The largest absolute Gasteiger partial charge is 0.492 e. The van der Waals surface area contributed by atoms with Crippen LogP contribution in [0.3, 0.4) is 0 Å². The predicted molar refractivity (Wildman–Crippen MR) is 172 cm³/mol. The van der Waals surface area contributed by atoms with Crippen LogP contribution in [0.15, 0.2) is 71.8 Å². The first-order valence-corrected chi connectivity index (χ1v) is 15.4. The number of ketones is 1. The standard InChI is InChI=1S/C33H30Cl4N2O3/c34-26-13-21(14-27(35)19-26)11-24-17-30(18-25(32(24)40)12-22-15-28(36)20-29(37)16-22)38-33(41)23-3-5-31(6-4-23)42-10-9-39-7-1-2-8-39/h3-6,11-16,19-20,30H,1-2,7-10,17-18H2,(H,38,41)/b24-11+,25-12+. The van der Waals surface area contributed by atoms with Crippen molar-refractivity contribution < 1.29 is 14.3 Å². The number of halogens is 4. The number of hydrogen-bond acceptors (Lipinski definition) is 4. The molecule has 0 radical (unpaired) electrons. The van der Waals surface area contributed by atoms with Crippen molar-refractivity contribution in [2.24, 2.45) is 0 Å². The van der Waals surface area contributed by atoms with Crippen LogP contribution >= 0.6 is 46.4 Å². The minimum atomic E-state index is -0.326. The summed E-state index contributed by atoms with van der Waals surface area (Å²) in [7, 11) is 0. The quantitative estimate of drug-likeness (QED) is 0.250. The molecule has 1 saturated heterocycles. The third kappa shape index (κ3) is 8.40. The number of hydrogen-bond donors (Lipinski definition) is 1. The normalized spacial score (nSPS) is 19.4. The van der Waals surface area contributed by atoms with E-state index >= 15 is 0 Å². The number of likely N-dealkylation sites (tertiary alicyclic amines) is 1. The van der Waals surface area contributed by atoms with E-state index in [1.54, 1.807) is 60.7 Å². The molecule has 0 bridgehead atoms. The molecular weight excluding hydrogens is 614 g/mol. The van der Waals surface area contributed by atoms with Gasteiger partial charge in [-0.15, -0.1) is 0 Å². The average molecular weight is 644 g/mol. The molecule has 1 aliphatic carbocycles. The molecule has 1 aliphatic heterocycles. The summed E-state index contributed by atoms with van der Waals surface area (Å²) in [5.74, 6) is 0.376. The lowest BCUT2D eigenvalue weighted by Crippen LogP contribution is -2.39. The van der Waals surface area contributed by atoms with Crippen molar-refractivity contribution in [1.29, 1.82) is 0 Å². The Balaban J connectivity index is 1.33. The molecule has 218 valence electrons. The second-order valence-electron chi connectivity index (χ2n) is 10.6. The van der Waals surface area contributed by atoms with Gasteiger partial charge < -0.3 is 10.1 Å². The number of amides is 1. The van der Waals surface area contributed by atoms with Crippen molar-refractivity contribution >= 4 is 70.2 Å². The molecule has 0 aromatic heterocycles. The Bertz CT molecular complexity index is 1410. The number of nitrogens with zero attached hydrogens (tertiary/aromatic N) is 1. The maximum atomic E-state index is 13.6. The van der Waals surface area contributed by atoms with Crippen LogP contribution < -0.4 is 10.1 Å². The first-order valence-electron chi connectivity index (χ1n) is 13.9. The molecule has 5 nitrogen and oxygen atoms in total. The molecule has 42 heavy (non-hydrogen) atoms. The van der Waals surface area contributed by atoms with Gasteiger partial charge in [-0.25, -0.2) is 0 Å². The van der Waals surface area contributed by atoms with Gasteiger partial charge in [0.15, 0.2) is 5.78 Å². The lowest BCUT2D eigenvalue weighted by molar-refractivity contribution is -0.113. The minimum absolute atomic E-state index is 0.122. The lowest BCUT2D eigenvalue weighted by atomic mass is 9.83. The van der Waals surface area contributed by atoms with Gasteiger partial charge in [0.05, 0.1) is 0 Å². The second kappa shape index (κ2) is 14.1. The fourth-order valence-electron chi connectivity index (χ4n) is 5.34. The molecule has 3 aromatic carbocycles. The topological polar surface area (TPSA) is 58.6 Å². The van der Waals surface area contributed by atoms with E-state index in [0.29, 0.717) is 67.4 Å². The van der Waals surface area contributed by atoms with Gasteiger partial charge in [-0.1, -0.05) is 46.4 Å². The first kappa shape index (κ1) is 30.7. The minimum Gasteiger partial charge on any atom is -0.492 e. The summed E-state index contributed by atoms with van der Waals surface area (Å²) in [4.78, 5) is 29.2. The first-order chi connectivity index (χ1) is 20.2. The second-order valence-corrected chi connectivity index (χ2v) is 12.3. The van der Waals surface area contributed by atoms with E-state index in [1.165, 1.54) is 12.8 Å². The van der Waals surface area contributed by atoms with E-state index in [2.05, 4.69) is 10.2 Å². The van der Waals surface area contributed by atoms with Gasteiger partial charge in [-0.2, -0.15) is 0 Å². The van der Waals surface area contributed by atoms with Crippen LogP contribution in [0, 0.1) is 0 Å². The van der Waals surface area contributed by atoms with Crippen LogP contribution in [0.1, 0.15) is 47.2 Å². The van der Waals surface area contributed by atoms with Crippen molar-refractivity contribution in [3.63, 3.8) is 0 Å². The van der Waals surface area contributed by atoms with E-state index in [0.717, 1.165) is 25.4 Å². The molecule has 0 unspecified atom stereocenters. The Morgan fingerprint density at radius 1 is 0.810 bits per heavy atom. The van der Waals surface area contributed by atoms with Crippen molar-refractivity contribution in [1.82, 2.24) is 10.2 Å². The van der Waals surface area contributed by atoms with Gasteiger partial charge in [0.2, 0.25) is 0 Å². The number of carbonyl (C=O) groups is 2. The Morgan fingerprint density at radius 2 is 1.31 bits per heavy atom. The smallest absolute Gasteiger partial charge is 0.251 e. The van der Waals surface area contributed by atoms with Crippen molar-refractivity contribution in [3.05, 3.63) is 109 Å². The maximum absolute atomic E-state index is 13.6. The lowest BCUT2D eigenvalue weighted by Gasteiger charge is -2.27. The predicted octanol–water partition coefficient (Wildman–Crippen LogP) is 8.40. The zero-order chi connectivity index (χ0) is 29.6. The number of carbonyl (C=O) groups excluding carboxylic acids is 2. The summed E-state index contributed by atoms with van der Waals surface area (Å²) in [5.41, 5.74) is 2.98. The highest BCUT2D eigenvalue weighted by atomic mass is 35.5. The number of nitrogens with one attached hydrogen (secondary N) is 1. The molecule has 9 heteroatoms. The van der Waals surface area contributed by atoms with Crippen LogP contribution in [0.25, 0.3) is 12.2 Å². The third-order valence-corrected chi connectivity index (χ3v) is 8.17. The summed E-state index contributed by atoms with van der Waals surface area (Å²) < 4.78 is 5.88. The van der Waals surface area contributed by atoms with E-state index in [1.807, 2.05) is 12.1 Å². The van der Waals surface area contributed by atoms with E-state index < -0.39 is 0 Å². The molecule has 3 aromatic rings. The van der Waals surface area contributed by atoms with E-state index in [-0.39, 0.29) is 17.7 Å². The van der Waals surface area contributed by atoms with Crippen LogP contribution in [0.5, 0.6) is 5.75 Å². The fourth-order valence-corrected chi connectivity index (χ4v) is 6.42. The molecule has 5 rings (SSSR count). The van der Waals surface area contributed by atoms with Crippen molar-refractivity contribution in [2.75, 3.05) is 26.2 Å². The number of ether oxygens (including phenoxy) is 1. The Morgan fingerprint density at radius 3 is 1.81 bits per heavy atom. The fraction of sp³-hybridized carbons (Fsp3) is 0.273. The van der Waals surface area contributed by atoms with Crippen LogP contribution in [0.2, 0.25) is 20.1 Å². The molecular formula is C33H30Cl4N2O3. The summed E-state index contributed by atoms with van der Waals surface area (Å²) in [6.07, 6.45) is 6.73.